The minimum atomic E-state index is -0.451. The Morgan fingerprint density at radius 2 is 1.85 bits per heavy atom. The summed E-state index contributed by atoms with van der Waals surface area (Å²) in [5.74, 6) is 0. The fraction of sp³-hybridized carbons (Fsp3) is 0.278. The summed E-state index contributed by atoms with van der Waals surface area (Å²) in [6, 6.07) is 14.7. The van der Waals surface area contributed by atoms with Crippen molar-refractivity contribution in [3.63, 3.8) is 0 Å². The molecule has 0 spiro atoms. The molecule has 136 valence electrons. The summed E-state index contributed by atoms with van der Waals surface area (Å²) in [6.07, 6.45) is 0. The van der Waals surface area contributed by atoms with Gasteiger partial charge in [-0.1, -0.05) is 41.9 Å². The summed E-state index contributed by atoms with van der Waals surface area (Å²) < 4.78 is 0. The van der Waals surface area contributed by atoms with Gasteiger partial charge in [0.1, 0.15) is 0 Å². The van der Waals surface area contributed by atoms with E-state index in [1.165, 1.54) is 23.8 Å². The lowest BCUT2D eigenvalue weighted by molar-refractivity contribution is -0.384. The Kier molecular flexibility index (Phi) is 6.03. The molecule has 0 atom stereocenters. The lowest BCUT2D eigenvalue weighted by Gasteiger charge is -2.36. The molecule has 3 rings (SSSR count). The minimum Gasteiger partial charge on any atom is -0.346 e. The maximum atomic E-state index is 10.9. The van der Waals surface area contributed by atoms with Gasteiger partial charge in [0.15, 0.2) is 5.11 Å². The van der Waals surface area contributed by atoms with Gasteiger partial charge in [0.25, 0.3) is 5.69 Å². The van der Waals surface area contributed by atoms with Gasteiger partial charge in [0.05, 0.1) is 15.6 Å². The zero-order valence-electron chi connectivity index (χ0n) is 14.1. The zero-order chi connectivity index (χ0) is 18.5. The number of halogens is 1. The highest BCUT2D eigenvalue weighted by molar-refractivity contribution is 7.80. The second-order valence-electron chi connectivity index (χ2n) is 6.10. The number of benzene rings is 2. The third kappa shape index (κ3) is 4.69. The summed E-state index contributed by atoms with van der Waals surface area (Å²) in [4.78, 5) is 14.9. The van der Waals surface area contributed by atoms with Gasteiger partial charge in [-0.15, -0.1) is 0 Å². The number of thiocarbonyl (C=S) groups is 1. The fourth-order valence-electron chi connectivity index (χ4n) is 2.87. The third-order valence-corrected chi connectivity index (χ3v) is 5.00. The number of nitrogens with one attached hydrogen (secondary N) is 1. The van der Waals surface area contributed by atoms with Crippen molar-refractivity contribution in [1.29, 1.82) is 0 Å². The van der Waals surface area contributed by atoms with Gasteiger partial charge in [-0.05, 0) is 23.8 Å². The van der Waals surface area contributed by atoms with E-state index in [4.69, 9.17) is 23.8 Å². The van der Waals surface area contributed by atoms with Crippen LogP contribution in [0.3, 0.4) is 0 Å². The van der Waals surface area contributed by atoms with Crippen molar-refractivity contribution < 1.29 is 4.92 Å². The van der Waals surface area contributed by atoms with Crippen molar-refractivity contribution in [2.75, 3.05) is 31.5 Å². The predicted molar refractivity (Wildman–Crippen MR) is 108 cm³/mol. The van der Waals surface area contributed by atoms with Crippen LogP contribution in [0, 0.1) is 10.1 Å². The molecule has 0 aromatic heterocycles. The summed E-state index contributed by atoms with van der Waals surface area (Å²) in [7, 11) is 0. The third-order valence-electron chi connectivity index (χ3n) is 4.31. The maximum absolute atomic E-state index is 10.9. The summed E-state index contributed by atoms with van der Waals surface area (Å²) in [5.41, 5.74) is 1.73. The van der Waals surface area contributed by atoms with Crippen LogP contribution in [0.1, 0.15) is 5.56 Å². The SMILES string of the molecule is O=[N+]([O-])c1ccc(Cl)c(NC(=S)N2CCN(Cc3ccccc3)CC2)c1. The Balaban J connectivity index is 1.55. The average molecular weight is 391 g/mol. The van der Waals surface area contributed by atoms with Gasteiger partial charge < -0.3 is 10.2 Å². The lowest BCUT2D eigenvalue weighted by atomic mass is 10.2. The number of nitro benzene ring substituents is 1. The molecule has 0 amide bonds. The van der Waals surface area contributed by atoms with Gasteiger partial charge >= 0.3 is 0 Å². The number of rotatable bonds is 4. The molecular weight excluding hydrogens is 372 g/mol. The highest BCUT2D eigenvalue weighted by Gasteiger charge is 2.20. The number of piperazine rings is 1. The van der Waals surface area contributed by atoms with Crippen LogP contribution in [0.25, 0.3) is 0 Å². The molecule has 1 N–H and O–H groups in total. The Morgan fingerprint density at radius 1 is 1.15 bits per heavy atom. The van der Waals surface area contributed by atoms with Crippen molar-refractivity contribution in [2.45, 2.75) is 6.54 Å². The monoisotopic (exact) mass is 390 g/mol. The quantitative estimate of drug-likeness (QED) is 0.487. The van der Waals surface area contributed by atoms with Gasteiger partial charge in [-0.3, -0.25) is 15.0 Å². The van der Waals surface area contributed by atoms with Crippen molar-refractivity contribution in [2.24, 2.45) is 0 Å². The molecule has 6 nitrogen and oxygen atoms in total. The van der Waals surface area contributed by atoms with Gasteiger partial charge in [0.2, 0.25) is 0 Å². The van der Waals surface area contributed by atoms with Crippen LogP contribution in [-0.2, 0) is 6.54 Å². The smallest absolute Gasteiger partial charge is 0.271 e. The Bertz CT molecular complexity index is 795. The average Bonchev–Trinajstić information content (AvgIpc) is 2.64. The van der Waals surface area contributed by atoms with Crippen LogP contribution >= 0.6 is 23.8 Å². The molecule has 1 fully saturated rings. The number of hydrogen-bond acceptors (Lipinski definition) is 4. The molecule has 1 saturated heterocycles. The van der Waals surface area contributed by atoms with Crippen molar-refractivity contribution in [1.82, 2.24) is 9.80 Å². The fourth-order valence-corrected chi connectivity index (χ4v) is 3.32. The van der Waals surface area contributed by atoms with Crippen LogP contribution in [0.15, 0.2) is 48.5 Å². The van der Waals surface area contributed by atoms with E-state index in [-0.39, 0.29) is 5.69 Å². The zero-order valence-corrected chi connectivity index (χ0v) is 15.7. The van der Waals surface area contributed by atoms with Crippen LogP contribution < -0.4 is 5.32 Å². The first kappa shape index (κ1) is 18.6. The molecule has 26 heavy (non-hydrogen) atoms. The number of nitro groups is 1. The van der Waals surface area contributed by atoms with Crippen LogP contribution in [0.4, 0.5) is 11.4 Å². The largest absolute Gasteiger partial charge is 0.346 e. The van der Waals surface area contributed by atoms with E-state index in [1.54, 1.807) is 0 Å². The van der Waals surface area contributed by atoms with E-state index in [2.05, 4.69) is 27.2 Å². The number of hydrogen-bond donors (Lipinski definition) is 1. The van der Waals surface area contributed by atoms with Gasteiger partial charge in [-0.2, -0.15) is 0 Å². The first-order chi connectivity index (χ1) is 12.5. The molecular formula is C18H19ClN4O2S. The van der Waals surface area contributed by atoms with Gasteiger partial charge in [-0.25, -0.2) is 0 Å². The molecule has 2 aromatic rings. The summed E-state index contributed by atoms with van der Waals surface area (Å²) in [6.45, 7) is 4.32. The van der Waals surface area contributed by atoms with Crippen molar-refractivity contribution in [3.8, 4) is 0 Å². The second-order valence-corrected chi connectivity index (χ2v) is 6.89. The standard InChI is InChI=1S/C18H19ClN4O2S/c19-16-7-6-15(23(24)25)12-17(16)20-18(26)22-10-8-21(9-11-22)13-14-4-2-1-3-5-14/h1-7,12H,8-11,13H2,(H,20,26). The highest BCUT2D eigenvalue weighted by atomic mass is 35.5. The molecule has 0 unspecified atom stereocenters. The van der Waals surface area contributed by atoms with E-state index in [9.17, 15) is 10.1 Å². The molecule has 0 bridgehead atoms. The first-order valence-corrected chi connectivity index (χ1v) is 9.08. The first-order valence-electron chi connectivity index (χ1n) is 8.29. The van der Waals surface area contributed by atoms with E-state index in [1.807, 2.05) is 18.2 Å². The van der Waals surface area contributed by atoms with E-state index in [0.717, 1.165) is 32.7 Å². The predicted octanol–water partition coefficient (Wildman–Crippen LogP) is 3.76. The van der Waals surface area contributed by atoms with Crippen molar-refractivity contribution >= 4 is 40.3 Å². The maximum Gasteiger partial charge on any atom is 0.271 e. The van der Waals surface area contributed by atoms with E-state index in [0.29, 0.717) is 15.8 Å². The van der Waals surface area contributed by atoms with Crippen molar-refractivity contribution in [3.05, 3.63) is 69.2 Å². The topological polar surface area (TPSA) is 61.7 Å². The summed E-state index contributed by atoms with van der Waals surface area (Å²) in [5, 5.41) is 14.9. The van der Waals surface area contributed by atoms with Gasteiger partial charge in [0, 0.05) is 44.9 Å². The minimum absolute atomic E-state index is 0.0209. The normalized spacial score (nSPS) is 14.9. The molecule has 0 aliphatic carbocycles. The number of non-ortho nitro benzene ring substituents is 1. The number of anilines is 1. The molecule has 1 aliphatic heterocycles. The van der Waals surface area contributed by atoms with Crippen LogP contribution in [0.2, 0.25) is 5.02 Å². The highest BCUT2D eigenvalue weighted by Crippen LogP contribution is 2.27. The lowest BCUT2D eigenvalue weighted by Crippen LogP contribution is -2.49. The molecule has 2 aromatic carbocycles. The molecule has 8 heteroatoms. The van der Waals surface area contributed by atoms with Crippen LogP contribution in [0.5, 0.6) is 0 Å². The molecule has 0 saturated carbocycles. The number of nitrogens with zero attached hydrogens (tertiary/aromatic N) is 3. The Hall–Kier alpha value is -2.22. The second kappa shape index (κ2) is 8.44. The van der Waals surface area contributed by atoms with Crippen LogP contribution in [-0.4, -0.2) is 46.0 Å². The Morgan fingerprint density at radius 3 is 2.50 bits per heavy atom. The Labute approximate surface area is 162 Å². The molecule has 1 heterocycles. The summed E-state index contributed by atoms with van der Waals surface area (Å²) >= 11 is 11.6. The molecule has 0 radical (unpaired) electrons. The van der Waals surface area contributed by atoms with E-state index >= 15 is 0 Å². The van der Waals surface area contributed by atoms with E-state index < -0.39 is 4.92 Å². The molecule has 1 aliphatic rings.